The zero-order valence-corrected chi connectivity index (χ0v) is 14.9. The molecule has 0 bridgehead atoms. The summed E-state index contributed by atoms with van der Waals surface area (Å²) in [6.45, 7) is 3.11. The van der Waals surface area contributed by atoms with E-state index in [0.29, 0.717) is 18.7 Å². The molecule has 2 aromatic heterocycles. The smallest absolute Gasteiger partial charge is 0.194 e. The molecule has 3 rings (SSSR count). The van der Waals surface area contributed by atoms with E-state index in [4.69, 9.17) is 4.42 Å². The van der Waals surface area contributed by atoms with Crippen LogP contribution in [0.15, 0.2) is 40.0 Å². The monoisotopic (exact) mass is 343 g/mol. The summed E-state index contributed by atoms with van der Waals surface area (Å²) in [6.07, 6.45) is 3.81. The van der Waals surface area contributed by atoms with E-state index in [0.717, 1.165) is 28.2 Å². The van der Waals surface area contributed by atoms with Crippen LogP contribution in [0.3, 0.4) is 0 Å². The van der Waals surface area contributed by atoms with E-state index in [9.17, 15) is 4.39 Å². The largest absolute Gasteiger partial charge is 0.459 e. The van der Waals surface area contributed by atoms with Gasteiger partial charge in [-0.25, -0.2) is 4.39 Å². The van der Waals surface area contributed by atoms with Gasteiger partial charge in [0.2, 0.25) is 0 Å². The Morgan fingerprint density at radius 1 is 1.44 bits per heavy atom. The van der Waals surface area contributed by atoms with E-state index < -0.39 is 0 Å². The Labute approximate surface area is 145 Å². The second-order valence-electron chi connectivity index (χ2n) is 6.07. The highest BCUT2D eigenvalue weighted by molar-refractivity contribution is 5.83. The van der Waals surface area contributed by atoms with Crippen molar-refractivity contribution in [2.45, 2.75) is 20.0 Å². The molecule has 0 atom stereocenters. The minimum atomic E-state index is -0.261. The number of aromatic nitrogens is 2. The van der Waals surface area contributed by atoms with Gasteiger partial charge in [-0.1, -0.05) is 0 Å². The second kappa shape index (κ2) is 6.96. The lowest BCUT2D eigenvalue weighted by Gasteiger charge is -2.21. The molecule has 7 heteroatoms. The van der Waals surface area contributed by atoms with E-state index in [-0.39, 0.29) is 5.82 Å². The first-order valence-electron chi connectivity index (χ1n) is 8.04. The van der Waals surface area contributed by atoms with E-state index >= 15 is 0 Å². The van der Waals surface area contributed by atoms with Crippen molar-refractivity contribution in [2.24, 2.45) is 12.0 Å². The van der Waals surface area contributed by atoms with Gasteiger partial charge in [0.15, 0.2) is 5.96 Å². The van der Waals surface area contributed by atoms with Crippen molar-refractivity contribution in [1.29, 1.82) is 0 Å². The molecule has 2 heterocycles. The predicted octanol–water partition coefficient (Wildman–Crippen LogP) is 2.82. The number of benzene rings is 1. The van der Waals surface area contributed by atoms with Gasteiger partial charge in [-0.3, -0.25) is 9.67 Å². The van der Waals surface area contributed by atoms with Gasteiger partial charge < -0.3 is 14.6 Å². The molecular formula is C18H22FN5O. The molecule has 0 saturated heterocycles. The molecular weight excluding hydrogens is 321 g/mol. The van der Waals surface area contributed by atoms with Crippen LogP contribution in [-0.2, 0) is 20.1 Å². The van der Waals surface area contributed by atoms with Crippen LogP contribution in [-0.4, -0.2) is 34.7 Å². The van der Waals surface area contributed by atoms with E-state index in [1.807, 2.05) is 38.3 Å². The van der Waals surface area contributed by atoms with Crippen molar-refractivity contribution in [3.8, 4) is 0 Å². The van der Waals surface area contributed by atoms with Crippen LogP contribution in [0.2, 0.25) is 0 Å². The Kier molecular flexibility index (Phi) is 4.74. The molecule has 132 valence electrons. The SMILES string of the molecule is CN=C(NCc1oc2ccc(F)cc2c1C)N(C)Cc1cnn(C)c1. The second-order valence-corrected chi connectivity index (χ2v) is 6.07. The van der Waals surface area contributed by atoms with Crippen molar-refractivity contribution < 1.29 is 8.81 Å². The topological polar surface area (TPSA) is 58.6 Å². The van der Waals surface area contributed by atoms with E-state index in [1.165, 1.54) is 12.1 Å². The van der Waals surface area contributed by atoms with Crippen LogP contribution in [0.1, 0.15) is 16.9 Å². The van der Waals surface area contributed by atoms with Crippen LogP contribution in [0.5, 0.6) is 0 Å². The number of nitrogens with one attached hydrogen (secondary N) is 1. The summed E-state index contributed by atoms with van der Waals surface area (Å²) in [5.41, 5.74) is 2.73. The lowest BCUT2D eigenvalue weighted by Crippen LogP contribution is -2.38. The quantitative estimate of drug-likeness (QED) is 0.585. The minimum absolute atomic E-state index is 0.261. The fourth-order valence-corrected chi connectivity index (χ4v) is 2.86. The number of hydrogen-bond acceptors (Lipinski definition) is 3. The minimum Gasteiger partial charge on any atom is -0.459 e. The van der Waals surface area contributed by atoms with Crippen LogP contribution in [0.25, 0.3) is 11.0 Å². The average Bonchev–Trinajstić information content (AvgIpc) is 3.12. The number of aliphatic imine (C=N–C) groups is 1. The highest BCUT2D eigenvalue weighted by atomic mass is 19.1. The number of rotatable bonds is 4. The van der Waals surface area contributed by atoms with Crippen LogP contribution in [0, 0.1) is 12.7 Å². The Hall–Kier alpha value is -2.83. The van der Waals surface area contributed by atoms with Gasteiger partial charge in [-0.15, -0.1) is 0 Å². The third-order valence-electron chi connectivity index (χ3n) is 4.16. The van der Waals surface area contributed by atoms with Gasteiger partial charge in [0, 0.05) is 50.4 Å². The summed E-state index contributed by atoms with van der Waals surface area (Å²) in [6, 6.07) is 4.56. The maximum atomic E-state index is 13.4. The normalized spacial score (nSPS) is 12.0. The number of aryl methyl sites for hydroxylation is 2. The Bertz CT molecular complexity index is 911. The first-order valence-corrected chi connectivity index (χ1v) is 8.04. The number of guanidine groups is 1. The van der Waals surface area contributed by atoms with Crippen molar-refractivity contribution in [3.63, 3.8) is 0 Å². The number of nitrogens with zero attached hydrogens (tertiary/aromatic N) is 4. The van der Waals surface area contributed by atoms with Crippen molar-refractivity contribution in [2.75, 3.05) is 14.1 Å². The van der Waals surface area contributed by atoms with Gasteiger partial charge in [-0.05, 0) is 25.1 Å². The molecule has 0 spiro atoms. The van der Waals surface area contributed by atoms with Gasteiger partial charge in [0.25, 0.3) is 0 Å². The third-order valence-corrected chi connectivity index (χ3v) is 4.16. The predicted molar refractivity (Wildman–Crippen MR) is 95.8 cm³/mol. The summed E-state index contributed by atoms with van der Waals surface area (Å²) < 4.78 is 21.0. The Morgan fingerprint density at radius 2 is 2.24 bits per heavy atom. The van der Waals surface area contributed by atoms with Crippen LogP contribution < -0.4 is 5.32 Å². The highest BCUT2D eigenvalue weighted by Crippen LogP contribution is 2.25. The molecule has 1 aromatic carbocycles. The molecule has 6 nitrogen and oxygen atoms in total. The average molecular weight is 343 g/mol. The summed E-state index contributed by atoms with van der Waals surface area (Å²) in [7, 11) is 5.59. The lowest BCUT2D eigenvalue weighted by atomic mass is 10.1. The molecule has 1 N–H and O–H groups in total. The molecule has 0 amide bonds. The fraction of sp³-hybridized carbons (Fsp3) is 0.333. The molecule has 0 radical (unpaired) electrons. The van der Waals surface area contributed by atoms with Gasteiger partial charge in [0.1, 0.15) is 17.2 Å². The van der Waals surface area contributed by atoms with Crippen LogP contribution in [0.4, 0.5) is 4.39 Å². The van der Waals surface area contributed by atoms with Crippen molar-refractivity contribution in [1.82, 2.24) is 20.0 Å². The highest BCUT2D eigenvalue weighted by Gasteiger charge is 2.13. The molecule has 0 saturated carbocycles. The number of fused-ring (bicyclic) bond motifs is 1. The summed E-state index contributed by atoms with van der Waals surface area (Å²) in [5.74, 6) is 1.26. The third kappa shape index (κ3) is 3.65. The summed E-state index contributed by atoms with van der Waals surface area (Å²) in [5, 5.41) is 8.27. The number of hydrogen-bond donors (Lipinski definition) is 1. The van der Waals surface area contributed by atoms with E-state index in [2.05, 4.69) is 15.4 Å². The number of halogens is 1. The van der Waals surface area contributed by atoms with Gasteiger partial charge in [-0.2, -0.15) is 5.10 Å². The van der Waals surface area contributed by atoms with Crippen molar-refractivity contribution in [3.05, 3.63) is 53.3 Å². The molecule has 3 aromatic rings. The maximum Gasteiger partial charge on any atom is 0.194 e. The molecule has 0 fully saturated rings. The van der Waals surface area contributed by atoms with Gasteiger partial charge >= 0.3 is 0 Å². The fourth-order valence-electron chi connectivity index (χ4n) is 2.86. The van der Waals surface area contributed by atoms with E-state index in [1.54, 1.807) is 17.8 Å². The lowest BCUT2D eigenvalue weighted by molar-refractivity contribution is 0.465. The summed E-state index contributed by atoms with van der Waals surface area (Å²) >= 11 is 0. The zero-order chi connectivity index (χ0) is 18.0. The molecule has 25 heavy (non-hydrogen) atoms. The molecule has 0 aliphatic carbocycles. The number of furan rings is 1. The molecule has 0 aliphatic rings. The molecule has 0 unspecified atom stereocenters. The Balaban J connectivity index is 1.69. The first kappa shape index (κ1) is 17.0. The van der Waals surface area contributed by atoms with Crippen molar-refractivity contribution >= 4 is 16.9 Å². The Morgan fingerprint density at radius 3 is 2.92 bits per heavy atom. The standard InChI is InChI=1S/C18H22FN5O/c1-12-15-7-14(19)5-6-16(15)25-17(12)9-21-18(20-2)23(3)10-13-8-22-24(4)11-13/h5-8,11H,9-10H2,1-4H3,(H,20,21). The molecule has 0 aliphatic heterocycles. The summed E-state index contributed by atoms with van der Waals surface area (Å²) in [4.78, 5) is 6.31. The maximum absolute atomic E-state index is 13.4. The van der Waals surface area contributed by atoms with Gasteiger partial charge in [0.05, 0.1) is 12.7 Å². The first-order chi connectivity index (χ1) is 12.0. The van der Waals surface area contributed by atoms with Crippen LogP contribution >= 0.6 is 0 Å². The zero-order valence-electron chi connectivity index (χ0n) is 14.9.